The van der Waals surface area contributed by atoms with Crippen LogP contribution in [0, 0.1) is 17.7 Å². The molecule has 0 saturated heterocycles. The Bertz CT molecular complexity index is 557. The summed E-state index contributed by atoms with van der Waals surface area (Å²) in [5.74, 6) is -0.131. The first-order chi connectivity index (χ1) is 8.99. The number of rotatable bonds is 2. The van der Waals surface area contributed by atoms with E-state index in [-0.39, 0.29) is 29.4 Å². The zero-order chi connectivity index (χ0) is 13.7. The zero-order valence-corrected chi connectivity index (χ0v) is 12.1. The van der Waals surface area contributed by atoms with Gasteiger partial charge in [-0.05, 0) is 48.2 Å². The van der Waals surface area contributed by atoms with E-state index in [1.807, 2.05) is 6.92 Å². The topological polar surface area (TPSA) is 49.3 Å². The van der Waals surface area contributed by atoms with Crippen LogP contribution < -0.4 is 5.32 Å². The molecule has 1 aromatic rings. The molecule has 0 radical (unpaired) electrons. The summed E-state index contributed by atoms with van der Waals surface area (Å²) >= 11 is 3.14. The van der Waals surface area contributed by atoms with Crippen molar-refractivity contribution in [2.24, 2.45) is 11.8 Å². The lowest BCUT2D eigenvalue weighted by Crippen LogP contribution is -2.38. The summed E-state index contributed by atoms with van der Waals surface area (Å²) < 4.78 is 14.2. The van der Waals surface area contributed by atoms with Crippen molar-refractivity contribution in [2.75, 3.05) is 5.32 Å². The van der Waals surface area contributed by atoms with Gasteiger partial charge in [-0.25, -0.2) is 4.39 Å². The van der Waals surface area contributed by atoms with E-state index in [9.17, 15) is 14.3 Å². The van der Waals surface area contributed by atoms with Gasteiger partial charge in [0.1, 0.15) is 17.3 Å². The number of hydrogen-bond acceptors (Lipinski definition) is 3. The molecule has 1 aliphatic carbocycles. The number of carbonyl (C=O) groups excluding carboxylic acids is 1. The highest BCUT2D eigenvalue weighted by molar-refractivity contribution is 9.10. The second-order valence-corrected chi connectivity index (χ2v) is 6.32. The average molecular weight is 328 g/mol. The van der Waals surface area contributed by atoms with Gasteiger partial charge in [-0.15, -0.1) is 0 Å². The Balaban J connectivity index is 1.99. The van der Waals surface area contributed by atoms with Crippen molar-refractivity contribution in [3.63, 3.8) is 0 Å². The molecule has 0 amide bonds. The maximum Gasteiger partial charge on any atom is 0.147 e. The number of carbonyl (C=O) groups is 1. The molecule has 1 unspecified atom stereocenters. The molecule has 1 aliphatic heterocycles. The van der Waals surface area contributed by atoms with Gasteiger partial charge in [-0.2, -0.15) is 0 Å². The van der Waals surface area contributed by atoms with Crippen molar-refractivity contribution in [3.05, 3.63) is 21.9 Å². The Kier molecular flexibility index (Phi) is 3.04. The number of halogens is 2. The molecule has 1 aromatic carbocycles. The molecule has 102 valence electrons. The lowest BCUT2D eigenvalue weighted by Gasteiger charge is -2.32. The molecular formula is C14H15BrFNO2. The Hall–Kier alpha value is -1.10. The lowest BCUT2D eigenvalue weighted by atomic mass is 9.83. The number of nitrogens with one attached hydrogen (secondary N) is 1. The van der Waals surface area contributed by atoms with E-state index in [0.29, 0.717) is 22.1 Å². The monoisotopic (exact) mass is 327 g/mol. The normalized spacial score (nSPS) is 25.6. The Labute approximate surface area is 119 Å². The van der Waals surface area contributed by atoms with Crippen LogP contribution in [0.15, 0.2) is 10.5 Å². The highest BCUT2D eigenvalue weighted by Crippen LogP contribution is 2.43. The standard InChI is InChI=1S/C14H15BrFNO2/c1-6-8(13(18)7-2-3-7)4-9-12(17-6)11(16)5-10(15)14(9)19/h5-8,17,19H,2-4H2,1H3/t6-,8?/m0/s1. The number of ketones is 1. The van der Waals surface area contributed by atoms with Crippen molar-refractivity contribution in [1.29, 1.82) is 0 Å². The van der Waals surface area contributed by atoms with Crippen LogP contribution in [-0.2, 0) is 11.2 Å². The van der Waals surface area contributed by atoms with E-state index in [1.165, 1.54) is 6.07 Å². The molecule has 2 N–H and O–H groups in total. The quantitative estimate of drug-likeness (QED) is 0.876. The zero-order valence-electron chi connectivity index (χ0n) is 10.5. The van der Waals surface area contributed by atoms with Gasteiger partial charge in [-0.1, -0.05) is 0 Å². The number of Topliss-reactive ketones (excluding diaryl/α,β-unsaturated/α-hetero) is 1. The maximum atomic E-state index is 13.9. The molecular weight excluding hydrogens is 313 g/mol. The molecule has 3 rings (SSSR count). The van der Waals surface area contributed by atoms with Crippen LogP contribution in [0.4, 0.5) is 10.1 Å². The van der Waals surface area contributed by atoms with Gasteiger partial charge in [0.25, 0.3) is 0 Å². The summed E-state index contributed by atoms with van der Waals surface area (Å²) in [4.78, 5) is 12.2. The predicted molar refractivity (Wildman–Crippen MR) is 73.8 cm³/mol. The minimum Gasteiger partial charge on any atom is -0.506 e. The largest absolute Gasteiger partial charge is 0.506 e. The van der Waals surface area contributed by atoms with Crippen molar-refractivity contribution < 1.29 is 14.3 Å². The van der Waals surface area contributed by atoms with Gasteiger partial charge >= 0.3 is 0 Å². The Morgan fingerprint density at radius 2 is 2.21 bits per heavy atom. The van der Waals surface area contributed by atoms with E-state index in [4.69, 9.17) is 0 Å². The Morgan fingerprint density at radius 3 is 2.84 bits per heavy atom. The lowest BCUT2D eigenvalue weighted by molar-refractivity contribution is -0.124. The summed E-state index contributed by atoms with van der Waals surface area (Å²) in [6.07, 6.45) is 2.34. The fourth-order valence-corrected chi connectivity index (χ4v) is 3.20. The van der Waals surface area contributed by atoms with Gasteiger partial charge in [0.05, 0.1) is 10.2 Å². The smallest absolute Gasteiger partial charge is 0.147 e. The molecule has 2 atom stereocenters. The van der Waals surface area contributed by atoms with Gasteiger partial charge in [-0.3, -0.25) is 4.79 Å². The minimum atomic E-state index is -0.399. The van der Waals surface area contributed by atoms with Gasteiger partial charge in [0, 0.05) is 23.4 Å². The molecule has 0 bridgehead atoms. The number of anilines is 1. The van der Waals surface area contributed by atoms with Crippen LogP contribution in [-0.4, -0.2) is 16.9 Å². The number of phenols is 1. The number of phenolic OH excluding ortho intramolecular Hbond substituents is 1. The van der Waals surface area contributed by atoms with Crippen molar-refractivity contribution >= 4 is 27.4 Å². The summed E-state index contributed by atoms with van der Waals surface area (Å²) in [5, 5.41) is 13.1. The SMILES string of the molecule is C[C@@H]1Nc2c(F)cc(Br)c(O)c2CC1C(=O)C1CC1. The number of benzene rings is 1. The first kappa shape index (κ1) is 12.9. The highest BCUT2D eigenvalue weighted by atomic mass is 79.9. The second-order valence-electron chi connectivity index (χ2n) is 5.46. The number of aromatic hydroxyl groups is 1. The van der Waals surface area contributed by atoms with E-state index in [1.54, 1.807) is 0 Å². The molecule has 0 aromatic heterocycles. The first-order valence-electron chi connectivity index (χ1n) is 6.49. The molecule has 5 heteroatoms. The molecule has 19 heavy (non-hydrogen) atoms. The Morgan fingerprint density at radius 1 is 1.53 bits per heavy atom. The third kappa shape index (κ3) is 2.14. The third-order valence-corrected chi connectivity index (χ3v) is 4.66. The molecule has 2 aliphatic rings. The van der Waals surface area contributed by atoms with Crippen LogP contribution in [0.3, 0.4) is 0 Å². The van der Waals surface area contributed by atoms with Gasteiger partial charge < -0.3 is 10.4 Å². The van der Waals surface area contributed by atoms with Gasteiger partial charge in [0.15, 0.2) is 0 Å². The first-order valence-corrected chi connectivity index (χ1v) is 7.28. The predicted octanol–water partition coefficient (Wildman–Crippen LogP) is 3.25. The summed E-state index contributed by atoms with van der Waals surface area (Å²) in [5.41, 5.74) is 0.831. The molecule has 1 heterocycles. The fourth-order valence-electron chi connectivity index (χ4n) is 2.76. The van der Waals surface area contributed by atoms with Gasteiger partial charge in [0.2, 0.25) is 0 Å². The maximum absolute atomic E-state index is 13.9. The van der Waals surface area contributed by atoms with Crippen molar-refractivity contribution in [1.82, 2.24) is 0 Å². The van der Waals surface area contributed by atoms with E-state index >= 15 is 0 Å². The number of fused-ring (bicyclic) bond motifs is 1. The summed E-state index contributed by atoms with van der Waals surface area (Å²) in [7, 11) is 0. The van der Waals surface area contributed by atoms with Crippen molar-refractivity contribution in [2.45, 2.75) is 32.2 Å². The van der Waals surface area contributed by atoms with Crippen molar-refractivity contribution in [3.8, 4) is 5.75 Å². The van der Waals surface area contributed by atoms with Crippen LogP contribution >= 0.6 is 15.9 Å². The molecule has 1 saturated carbocycles. The highest BCUT2D eigenvalue weighted by Gasteiger charge is 2.40. The molecule has 1 fully saturated rings. The third-order valence-electron chi connectivity index (χ3n) is 4.05. The summed E-state index contributed by atoms with van der Waals surface area (Å²) in [6, 6.07) is 1.15. The second kappa shape index (κ2) is 4.47. The number of hydrogen-bond donors (Lipinski definition) is 2. The van der Waals surface area contributed by atoms with Crippen LogP contribution in [0.2, 0.25) is 0 Å². The minimum absolute atomic E-state index is 0.0318. The van der Waals surface area contributed by atoms with E-state index in [0.717, 1.165) is 12.8 Å². The van der Waals surface area contributed by atoms with Crippen LogP contribution in [0.1, 0.15) is 25.3 Å². The van der Waals surface area contributed by atoms with Crippen LogP contribution in [0.5, 0.6) is 5.75 Å². The van der Waals surface area contributed by atoms with E-state index in [2.05, 4.69) is 21.2 Å². The molecule has 0 spiro atoms. The fraction of sp³-hybridized carbons (Fsp3) is 0.500. The summed E-state index contributed by atoms with van der Waals surface area (Å²) in [6.45, 7) is 1.90. The van der Waals surface area contributed by atoms with E-state index < -0.39 is 5.82 Å². The van der Waals surface area contributed by atoms with Crippen LogP contribution in [0.25, 0.3) is 0 Å². The average Bonchev–Trinajstić information content (AvgIpc) is 3.19. The molecule has 3 nitrogen and oxygen atoms in total.